The second kappa shape index (κ2) is 4.42. The molecule has 0 spiro atoms. The van der Waals surface area contributed by atoms with Crippen molar-refractivity contribution in [2.45, 2.75) is 0 Å². The molecule has 0 saturated carbocycles. The second-order valence-electron chi connectivity index (χ2n) is 1.14. The minimum Gasteiger partial charge on any atom is -0.770 e. The number of rotatable bonds is 3. The zero-order valence-electron chi connectivity index (χ0n) is 4.53. The van der Waals surface area contributed by atoms with Gasteiger partial charge in [-0.2, -0.15) is 0 Å². The minimum atomic E-state index is -2.34. The van der Waals surface area contributed by atoms with E-state index in [1.54, 1.807) is 0 Å². The SMILES string of the molecule is NCC(=O)OCS(=O)[O-]. The first-order valence-corrected chi connectivity index (χ1v) is 3.32. The maximum Gasteiger partial charge on any atom is 0.320 e. The highest BCUT2D eigenvalue weighted by Gasteiger charge is 1.95. The Morgan fingerprint density at radius 2 is 2.33 bits per heavy atom. The Labute approximate surface area is 54.5 Å². The maximum atomic E-state index is 10.1. The molecule has 9 heavy (non-hydrogen) atoms. The topological polar surface area (TPSA) is 92.5 Å². The molecule has 0 aromatic heterocycles. The predicted molar refractivity (Wildman–Crippen MR) is 28.9 cm³/mol. The smallest absolute Gasteiger partial charge is 0.320 e. The van der Waals surface area contributed by atoms with E-state index >= 15 is 0 Å². The van der Waals surface area contributed by atoms with Gasteiger partial charge in [-0.05, 0) is 11.1 Å². The van der Waals surface area contributed by atoms with E-state index in [9.17, 15) is 13.6 Å². The average molecular weight is 152 g/mol. The van der Waals surface area contributed by atoms with Crippen LogP contribution in [0.2, 0.25) is 0 Å². The van der Waals surface area contributed by atoms with E-state index in [4.69, 9.17) is 5.73 Å². The van der Waals surface area contributed by atoms with Crippen LogP contribution in [0.1, 0.15) is 0 Å². The van der Waals surface area contributed by atoms with E-state index < -0.39 is 23.0 Å². The molecule has 0 aliphatic carbocycles. The Bertz CT molecular complexity index is 125. The molecule has 0 aromatic carbocycles. The molecule has 0 rings (SSSR count). The van der Waals surface area contributed by atoms with Crippen LogP contribution in [0.3, 0.4) is 0 Å². The normalized spacial score (nSPS) is 12.7. The number of nitrogens with two attached hydrogens (primary N) is 1. The van der Waals surface area contributed by atoms with Crippen molar-refractivity contribution >= 4 is 17.0 Å². The molecule has 0 bridgehead atoms. The van der Waals surface area contributed by atoms with Gasteiger partial charge in [-0.1, -0.05) is 0 Å². The van der Waals surface area contributed by atoms with E-state index in [2.05, 4.69) is 4.74 Å². The minimum absolute atomic E-state index is 0.294. The third-order valence-electron chi connectivity index (χ3n) is 0.483. The monoisotopic (exact) mass is 152 g/mol. The second-order valence-corrected chi connectivity index (χ2v) is 1.99. The van der Waals surface area contributed by atoms with E-state index in [1.165, 1.54) is 0 Å². The molecule has 1 unspecified atom stereocenters. The quantitative estimate of drug-likeness (QED) is 0.385. The molecule has 0 fully saturated rings. The number of carbonyl (C=O) groups excluding carboxylic acids is 1. The molecular formula is C3H6NO4S-. The van der Waals surface area contributed by atoms with Gasteiger partial charge in [0.1, 0.15) is 0 Å². The van der Waals surface area contributed by atoms with Gasteiger partial charge in [-0.25, -0.2) is 0 Å². The fourth-order valence-electron chi connectivity index (χ4n) is 0.173. The molecule has 1 atom stereocenters. The first-order chi connectivity index (χ1) is 4.16. The van der Waals surface area contributed by atoms with Crippen LogP contribution in [-0.4, -0.2) is 27.2 Å². The molecule has 0 heterocycles. The van der Waals surface area contributed by atoms with Gasteiger partial charge in [0, 0.05) is 0 Å². The van der Waals surface area contributed by atoms with Gasteiger partial charge in [0.25, 0.3) is 0 Å². The Hall–Kier alpha value is -0.460. The van der Waals surface area contributed by atoms with E-state index in [0.717, 1.165) is 0 Å². The van der Waals surface area contributed by atoms with Crippen LogP contribution in [0.25, 0.3) is 0 Å². The van der Waals surface area contributed by atoms with Crippen molar-refractivity contribution in [3.63, 3.8) is 0 Å². The van der Waals surface area contributed by atoms with Crippen LogP contribution in [0.5, 0.6) is 0 Å². The standard InChI is InChI=1S/C3H7NO4S/c4-1-3(5)8-2-9(6)7/h1-2,4H2,(H,6,7)/p-1. The van der Waals surface area contributed by atoms with Gasteiger partial charge >= 0.3 is 5.97 Å². The molecule has 2 N–H and O–H groups in total. The zero-order chi connectivity index (χ0) is 7.28. The number of ether oxygens (including phenoxy) is 1. The molecule has 0 aliphatic heterocycles. The Morgan fingerprint density at radius 3 is 2.67 bits per heavy atom. The summed E-state index contributed by atoms with van der Waals surface area (Å²) in [4.78, 5) is 10.1. The molecule has 6 heteroatoms. The molecule has 0 amide bonds. The summed E-state index contributed by atoms with van der Waals surface area (Å²) in [5.41, 5.74) is 4.78. The lowest BCUT2D eigenvalue weighted by atomic mass is 10.7. The van der Waals surface area contributed by atoms with Crippen molar-refractivity contribution in [1.29, 1.82) is 0 Å². The highest BCUT2D eigenvalue weighted by molar-refractivity contribution is 7.78. The summed E-state index contributed by atoms with van der Waals surface area (Å²) in [5.74, 6) is -1.34. The Balaban J connectivity index is 3.28. The summed E-state index contributed by atoms with van der Waals surface area (Å²) in [6.45, 7) is -0.294. The lowest BCUT2D eigenvalue weighted by Crippen LogP contribution is -2.18. The third-order valence-corrected chi connectivity index (χ3v) is 0.793. The van der Waals surface area contributed by atoms with Crippen molar-refractivity contribution in [2.75, 3.05) is 12.5 Å². The van der Waals surface area contributed by atoms with Crippen LogP contribution in [0, 0.1) is 0 Å². The van der Waals surface area contributed by atoms with Crippen molar-refractivity contribution in [2.24, 2.45) is 5.73 Å². The highest BCUT2D eigenvalue weighted by atomic mass is 32.2. The first-order valence-electron chi connectivity index (χ1n) is 2.08. The lowest BCUT2D eigenvalue weighted by molar-refractivity contribution is -0.139. The van der Waals surface area contributed by atoms with Gasteiger partial charge in [0.05, 0.1) is 6.54 Å². The Kier molecular flexibility index (Phi) is 4.20. The molecule has 0 aliphatic rings. The molecule has 0 radical (unpaired) electrons. The fourth-order valence-corrected chi connectivity index (χ4v) is 0.400. The van der Waals surface area contributed by atoms with Crippen LogP contribution in [-0.2, 0) is 20.6 Å². The molecule has 0 aromatic rings. The molecular weight excluding hydrogens is 146 g/mol. The number of hydrogen-bond acceptors (Lipinski definition) is 5. The third kappa shape index (κ3) is 5.41. The van der Waals surface area contributed by atoms with E-state index in [-0.39, 0.29) is 6.54 Å². The summed E-state index contributed by atoms with van der Waals surface area (Å²) in [6, 6.07) is 0. The maximum absolute atomic E-state index is 10.1. The predicted octanol–water partition coefficient (Wildman–Crippen LogP) is -1.68. The van der Waals surface area contributed by atoms with E-state index in [0.29, 0.717) is 0 Å². The van der Waals surface area contributed by atoms with Crippen LogP contribution in [0.4, 0.5) is 0 Å². The van der Waals surface area contributed by atoms with Crippen LogP contribution < -0.4 is 5.73 Å². The fraction of sp³-hybridized carbons (Fsp3) is 0.667. The van der Waals surface area contributed by atoms with Gasteiger partial charge in [-0.15, -0.1) is 0 Å². The first kappa shape index (κ1) is 8.54. The summed E-state index contributed by atoms with van der Waals surface area (Å²) in [6.07, 6.45) is 0. The molecule has 5 nitrogen and oxygen atoms in total. The van der Waals surface area contributed by atoms with Crippen LogP contribution >= 0.6 is 0 Å². The van der Waals surface area contributed by atoms with Crippen molar-refractivity contribution < 1.29 is 18.3 Å². The van der Waals surface area contributed by atoms with E-state index in [1.807, 2.05) is 0 Å². The largest absolute Gasteiger partial charge is 0.770 e. The van der Waals surface area contributed by atoms with Crippen molar-refractivity contribution in [3.8, 4) is 0 Å². The summed E-state index contributed by atoms with van der Waals surface area (Å²) >= 11 is -2.34. The molecule has 0 saturated heterocycles. The summed E-state index contributed by atoms with van der Waals surface area (Å²) < 4.78 is 23.5. The van der Waals surface area contributed by atoms with Gasteiger partial charge in [0.15, 0.2) is 5.94 Å². The van der Waals surface area contributed by atoms with Gasteiger partial charge < -0.3 is 15.0 Å². The highest BCUT2D eigenvalue weighted by Crippen LogP contribution is 1.77. The molecule has 54 valence electrons. The average Bonchev–Trinajstić information content (AvgIpc) is 1.83. The number of carbonyl (C=O) groups is 1. The summed E-state index contributed by atoms with van der Waals surface area (Å²) in [5, 5.41) is 0. The summed E-state index contributed by atoms with van der Waals surface area (Å²) in [7, 11) is 0. The van der Waals surface area contributed by atoms with Gasteiger partial charge in [-0.3, -0.25) is 9.00 Å². The van der Waals surface area contributed by atoms with Crippen molar-refractivity contribution in [3.05, 3.63) is 0 Å². The van der Waals surface area contributed by atoms with Crippen LogP contribution in [0.15, 0.2) is 0 Å². The lowest BCUT2D eigenvalue weighted by Gasteiger charge is -2.03. The van der Waals surface area contributed by atoms with Gasteiger partial charge in [0.2, 0.25) is 0 Å². The number of hydrogen-bond donors (Lipinski definition) is 1. The Morgan fingerprint density at radius 1 is 1.78 bits per heavy atom. The zero-order valence-corrected chi connectivity index (χ0v) is 5.35. The number of esters is 1. The van der Waals surface area contributed by atoms with Crippen molar-refractivity contribution in [1.82, 2.24) is 0 Å².